The van der Waals surface area contributed by atoms with Crippen LogP contribution in [-0.4, -0.2) is 31.2 Å². The van der Waals surface area contributed by atoms with Gasteiger partial charge in [-0.1, -0.05) is 24.3 Å². The Hall–Kier alpha value is -2.67. The lowest BCUT2D eigenvalue weighted by Gasteiger charge is -2.08. The molecule has 2 amide bonds. The van der Waals surface area contributed by atoms with Crippen LogP contribution in [0.2, 0.25) is 0 Å². The smallest absolute Gasteiger partial charge is 0.259 e. The molecule has 0 saturated heterocycles. The second kappa shape index (κ2) is 8.70. The van der Waals surface area contributed by atoms with Gasteiger partial charge in [-0.3, -0.25) is 9.59 Å². The largest absolute Gasteiger partial charge is 0.484 e. The summed E-state index contributed by atoms with van der Waals surface area (Å²) >= 11 is 1.51. The van der Waals surface area contributed by atoms with E-state index in [0.717, 1.165) is 10.4 Å². The number of hydrazone groups is 1. The summed E-state index contributed by atoms with van der Waals surface area (Å²) < 4.78 is 5.39. The molecule has 7 heteroatoms. The number of amides is 2. The van der Waals surface area contributed by atoms with Crippen LogP contribution in [0.15, 0.2) is 46.9 Å². The van der Waals surface area contributed by atoms with Crippen LogP contribution < -0.4 is 15.5 Å². The summed E-state index contributed by atoms with van der Waals surface area (Å²) in [6.07, 6.45) is 1.55. The normalized spacial score (nSPS) is 10.5. The van der Waals surface area contributed by atoms with Crippen molar-refractivity contribution in [1.82, 2.24) is 10.7 Å². The van der Waals surface area contributed by atoms with E-state index in [1.807, 2.05) is 42.6 Å². The van der Waals surface area contributed by atoms with Crippen molar-refractivity contribution in [2.45, 2.75) is 6.92 Å². The maximum absolute atomic E-state index is 11.6. The number of hydrogen-bond acceptors (Lipinski definition) is 5. The third-order valence-corrected chi connectivity index (χ3v) is 3.63. The quantitative estimate of drug-likeness (QED) is 0.599. The minimum atomic E-state index is -0.401. The molecule has 1 aromatic heterocycles. The van der Waals surface area contributed by atoms with E-state index in [-0.39, 0.29) is 19.1 Å². The number of para-hydroxylation sites is 1. The van der Waals surface area contributed by atoms with Crippen LogP contribution in [0.1, 0.15) is 10.4 Å². The average Bonchev–Trinajstić information content (AvgIpc) is 3.05. The molecule has 1 heterocycles. The average molecular weight is 331 g/mol. The molecular formula is C16H17N3O3S. The minimum absolute atomic E-state index is 0.142. The number of thiophene rings is 1. The molecule has 6 nitrogen and oxygen atoms in total. The number of hydrogen-bond donors (Lipinski definition) is 2. The summed E-state index contributed by atoms with van der Waals surface area (Å²) in [6, 6.07) is 11.2. The Labute approximate surface area is 138 Å². The van der Waals surface area contributed by atoms with Gasteiger partial charge in [0, 0.05) is 4.88 Å². The number of benzene rings is 1. The molecule has 0 atom stereocenters. The molecule has 0 fully saturated rings. The van der Waals surface area contributed by atoms with Gasteiger partial charge in [0.05, 0.1) is 12.8 Å². The van der Waals surface area contributed by atoms with E-state index in [1.54, 1.807) is 12.3 Å². The molecule has 0 saturated carbocycles. The first kappa shape index (κ1) is 16.7. The van der Waals surface area contributed by atoms with E-state index in [2.05, 4.69) is 15.8 Å². The zero-order chi connectivity index (χ0) is 16.5. The van der Waals surface area contributed by atoms with Crippen molar-refractivity contribution in [3.63, 3.8) is 0 Å². The summed E-state index contributed by atoms with van der Waals surface area (Å²) in [5.41, 5.74) is 3.29. The van der Waals surface area contributed by atoms with Crippen LogP contribution in [0.3, 0.4) is 0 Å². The van der Waals surface area contributed by atoms with Gasteiger partial charge in [-0.15, -0.1) is 11.3 Å². The number of carbonyl (C=O) groups excluding carboxylic acids is 2. The monoisotopic (exact) mass is 331 g/mol. The van der Waals surface area contributed by atoms with Crippen molar-refractivity contribution < 1.29 is 14.3 Å². The van der Waals surface area contributed by atoms with E-state index in [0.29, 0.717) is 5.75 Å². The number of carbonyl (C=O) groups is 2. The predicted octanol–water partition coefficient (Wildman–Crippen LogP) is 1.70. The van der Waals surface area contributed by atoms with Crippen molar-refractivity contribution in [2.75, 3.05) is 13.2 Å². The lowest BCUT2D eigenvalue weighted by atomic mass is 10.2. The molecule has 0 aliphatic rings. The minimum Gasteiger partial charge on any atom is -0.484 e. The molecule has 120 valence electrons. The van der Waals surface area contributed by atoms with Crippen molar-refractivity contribution in [2.24, 2.45) is 5.10 Å². The van der Waals surface area contributed by atoms with E-state index < -0.39 is 5.91 Å². The Morgan fingerprint density at radius 3 is 2.78 bits per heavy atom. The molecule has 23 heavy (non-hydrogen) atoms. The summed E-state index contributed by atoms with van der Waals surface area (Å²) in [4.78, 5) is 24.1. The number of ether oxygens (including phenoxy) is 1. The SMILES string of the molecule is Cc1ccccc1OCC(=O)NCC(=O)N/N=C\c1cccs1. The third-order valence-electron chi connectivity index (χ3n) is 2.82. The molecule has 0 radical (unpaired) electrons. The Bertz CT molecular complexity index is 684. The summed E-state index contributed by atoms with van der Waals surface area (Å²) in [7, 11) is 0. The van der Waals surface area contributed by atoms with Crippen LogP contribution in [-0.2, 0) is 9.59 Å². The number of nitrogens with zero attached hydrogens (tertiary/aromatic N) is 1. The zero-order valence-electron chi connectivity index (χ0n) is 12.6. The third kappa shape index (κ3) is 5.91. The molecule has 2 N–H and O–H groups in total. The van der Waals surface area contributed by atoms with E-state index in [9.17, 15) is 9.59 Å². The topological polar surface area (TPSA) is 79.8 Å². The highest BCUT2D eigenvalue weighted by atomic mass is 32.1. The molecule has 0 aliphatic heterocycles. The number of nitrogens with one attached hydrogen (secondary N) is 2. The van der Waals surface area contributed by atoms with E-state index >= 15 is 0 Å². The first-order valence-electron chi connectivity index (χ1n) is 6.95. The number of aryl methyl sites for hydroxylation is 1. The van der Waals surface area contributed by atoms with Gasteiger partial charge < -0.3 is 10.1 Å². The highest BCUT2D eigenvalue weighted by Gasteiger charge is 2.06. The van der Waals surface area contributed by atoms with Gasteiger partial charge in [-0.05, 0) is 30.0 Å². The predicted molar refractivity (Wildman–Crippen MR) is 89.7 cm³/mol. The first-order chi connectivity index (χ1) is 11.1. The maximum atomic E-state index is 11.6. The zero-order valence-corrected chi connectivity index (χ0v) is 13.4. The Morgan fingerprint density at radius 1 is 1.22 bits per heavy atom. The van der Waals surface area contributed by atoms with Crippen molar-refractivity contribution >= 4 is 29.4 Å². The van der Waals surface area contributed by atoms with Gasteiger partial charge in [0.1, 0.15) is 5.75 Å². The molecule has 2 rings (SSSR count). The fourth-order valence-electron chi connectivity index (χ4n) is 1.66. The van der Waals surface area contributed by atoms with E-state index in [1.165, 1.54) is 11.3 Å². The lowest BCUT2D eigenvalue weighted by molar-refractivity contribution is -0.127. The summed E-state index contributed by atoms with van der Waals surface area (Å²) in [5, 5.41) is 8.18. The van der Waals surface area contributed by atoms with Crippen molar-refractivity contribution in [3.05, 3.63) is 52.2 Å². The van der Waals surface area contributed by atoms with Gasteiger partial charge in [-0.25, -0.2) is 5.43 Å². The summed E-state index contributed by atoms with van der Waals surface area (Å²) in [6.45, 7) is 1.60. The highest BCUT2D eigenvalue weighted by Crippen LogP contribution is 2.15. The molecule has 0 unspecified atom stereocenters. The van der Waals surface area contributed by atoms with Gasteiger partial charge in [0.25, 0.3) is 11.8 Å². The molecule has 1 aromatic carbocycles. The summed E-state index contributed by atoms with van der Waals surface area (Å²) in [5.74, 6) is -0.125. The molecule has 0 aliphatic carbocycles. The standard InChI is InChI=1S/C16H17N3O3S/c1-12-5-2-3-7-14(12)22-11-16(21)17-10-15(20)19-18-9-13-6-4-8-23-13/h2-9H,10-11H2,1H3,(H,17,21)(H,19,20)/b18-9-. The number of rotatable bonds is 7. The molecule has 2 aromatic rings. The lowest BCUT2D eigenvalue weighted by Crippen LogP contribution is -2.37. The second-order valence-electron chi connectivity index (χ2n) is 4.64. The highest BCUT2D eigenvalue weighted by molar-refractivity contribution is 7.11. The van der Waals surface area contributed by atoms with Gasteiger partial charge in [0.2, 0.25) is 0 Å². The van der Waals surface area contributed by atoms with Crippen molar-refractivity contribution in [3.8, 4) is 5.75 Å². The Morgan fingerprint density at radius 2 is 2.04 bits per heavy atom. The van der Waals surface area contributed by atoms with Gasteiger partial charge in [-0.2, -0.15) is 5.10 Å². The van der Waals surface area contributed by atoms with Crippen molar-refractivity contribution in [1.29, 1.82) is 0 Å². The molecule has 0 spiro atoms. The van der Waals surface area contributed by atoms with Crippen LogP contribution >= 0.6 is 11.3 Å². The van der Waals surface area contributed by atoms with Crippen LogP contribution in [0.25, 0.3) is 0 Å². The van der Waals surface area contributed by atoms with Gasteiger partial charge >= 0.3 is 0 Å². The van der Waals surface area contributed by atoms with Crippen LogP contribution in [0, 0.1) is 6.92 Å². The molecule has 0 bridgehead atoms. The molecular weight excluding hydrogens is 314 g/mol. The Kier molecular flexibility index (Phi) is 6.31. The fourth-order valence-corrected chi connectivity index (χ4v) is 2.25. The van der Waals surface area contributed by atoms with E-state index in [4.69, 9.17) is 4.74 Å². The maximum Gasteiger partial charge on any atom is 0.259 e. The van der Waals surface area contributed by atoms with Gasteiger partial charge in [0.15, 0.2) is 6.61 Å². The van der Waals surface area contributed by atoms with Crippen LogP contribution in [0.5, 0.6) is 5.75 Å². The fraction of sp³-hybridized carbons (Fsp3) is 0.188. The Balaban J connectivity index is 1.66. The first-order valence-corrected chi connectivity index (χ1v) is 7.83. The van der Waals surface area contributed by atoms with Crippen LogP contribution in [0.4, 0.5) is 0 Å². The second-order valence-corrected chi connectivity index (χ2v) is 5.62.